The lowest BCUT2D eigenvalue weighted by Crippen LogP contribution is -2.40. The van der Waals surface area contributed by atoms with Crippen LogP contribution in [0.1, 0.15) is 52.9 Å². The Kier molecular flexibility index (Phi) is 6.09. The molecule has 22 heavy (non-hydrogen) atoms. The largest absolute Gasteiger partial charge is 0.444 e. The zero-order chi connectivity index (χ0) is 16.2. The van der Waals surface area contributed by atoms with Gasteiger partial charge in [0.1, 0.15) is 5.60 Å². The summed E-state index contributed by atoms with van der Waals surface area (Å²) in [6.45, 7) is 8.34. The number of ether oxygens (including phenoxy) is 2. The van der Waals surface area contributed by atoms with E-state index in [2.05, 4.69) is 5.32 Å². The number of hydrogen-bond donors (Lipinski definition) is 1. The Morgan fingerprint density at radius 2 is 2.05 bits per heavy atom. The molecule has 1 aliphatic heterocycles. The molecule has 0 bridgehead atoms. The summed E-state index contributed by atoms with van der Waals surface area (Å²) < 4.78 is 10.9. The second kappa shape index (κ2) is 7.64. The predicted octanol–water partition coefficient (Wildman–Crippen LogP) is 2.79. The van der Waals surface area contributed by atoms with Gasteiger partial charge >= 0.3 is 6.09 Å². The summed E-state index contributed by atoms with van der Waals surface area (Å²) in [5.74, 6) is 0.537. The zero-order valence-corrected chi connectivity index (χ0v) is 14.6. The standard InChI is InChI=1S/C17H32N2O3/c1-17(2,3)22-16(20)19-9-8-13(12-19)11-18-14-6-5-7-15(10-14)21-4/h13-15,18H,5-12H2,1-4H3. The SMILES string of the molecule is COC1CCCC(NCC2CCN(C(=O)OC(C)(C)C)C2)C1. The van der Waals surface area contributed by atoms with E-state index < -0.39 is 5.60 Å². The van der Waals surface area contributed by atoms with Gasteiger partial charge in [0.25, 0.3) is 0 Å². The molecule has 0 spiro atoms. The molecule has 1 saturated carbocycles. The molecule has 1 heterocycles. The van der Waals surface area contributed by atoms with Crippen LogP contribution in [0.2, 0.25) is 0 Å². The van der Waals surface area contributed by atoms with E-state index in [1.165, 1.54) is 19.3 Å². The van der Waals surface area contributed by atoms with Gasteiger partial charge in [-0.15, -0.1) is 0 Å². The van der Waals surface area contributed by atoms with E-state index in [1.807, 2.05) is 32.8 Å². The summed E-state index contributed by atoms with van der Waals surface area (Å²) in [5.41, 5.74) is -0.412. The fourth-order valence-corrected chi connectivity index (χ4v) is 3.37. The van der Waals surface area contributed by atoms with Crippen molar-refractivity contribution in [3.05, 3.63) is 0 Å². The summed E-state index contributed by atoms with van der Waals surface area (Å²) in [6.07, 6.45) is 6.07. The minimum atomic E-state index is -0.412. The molecule has 2 aliphatic rings. The Morgan fingerprint density at radius 3 is 2.73 bits per heavy atom. The third kappa shape index (κ3) is 5.43. The van der Waals surface area contributed by atoms with E-state index in [1.54, 1.807) is 0 Å². The number of carbonyl (C=O) groups is 1. The maximum atomic E-state index is 12.1. The molecule has 1 amide bonds. The van der Waals surface area contributed by atoms with Crippen molar-refractivity contribution in [1.29, 1.82) is 0 Å². The number of hydrogen-bond acceptors (Lipinski definition) is 4. The molecule has 2 fully saturated rings. The summed E-state index contributed by atoms with van der Waals surface area (Å²) in [6, 6.07) is 0.564. The number of likely N-dealkylation sites (tertiary alicyclic amines) is 1. The highest BCUT2D eigenvalue weighted by Crippen LogP contribution is 2.22. The van der Waals surface area contributed by atoms with Gasteiger partial charge in [0.15, 0.2) is 0 Å². The first-order chi connectivity index (χ1) is 10.4. The van der Waals surface area contributed by atoms with Crippen LogP contribution in [0.5, 0.6) is 0 Å². The topological polar surface area (TPSA) is 50.8 Å². The van der Waals surface area contributed by atoms with Crippen LogP contribution >= 0.6 is 0 Å². The van der Waals surface area contributed by atoms with Crippen molar-refractivity contribution in [2.75, 3.05) is 26.7 Å². The predicted molar refractivity (Wildman–Crippen MR) is 87.0 cm³/mol. The van der Waals surface area contributed by atoms with Gasteiger partial charge in [-0.05, 0) is 65.3 Å². The number of amides is 1. The van der Waals surface area contributed by atoms with Gasteiger partial charge in [-0.1, -0.05) is 0 Å². The molecule has 0 aromatic heterocycles. The molecular formula is C17H32N2O3. The van der Waals surface area contributed by atoms with Crippen LogP contribution in [0.4, 0.5) is 4.79 Å². The molecule has 1 aliphatic carbocycles. The Bertz CT molecular complexity index is 367. The van der Waals surface area contributed by atoms with Gasteiger partial charge < -0.3 is 19.7 Å². The Morgan fingerprint density at radius 1 is 1.27 bits per heavy atom. The first kappa shape index (κ1) is 17.5. The molecule has 3 atom stereocenters. The summed E-state index contributed by atoms with van der Waals surface area (Å²) in [5, 5.41) is 3.68. The van der Waals surface area contributed by atoms with E-state index in [9.17, 15) is 4.79 Å². The molecule has 2 rings (SSSR count). The first-order valence-electron chi connectivity index (χ1n) is 8.61. The van der Waals surface area contributed by atoms with Crippen LogP contribution in [0, 0.1) is 5.92 Å². The van der Waals surface area contributed by atoms with Crippen LogP contribution in [0.3, 0.4) is 0 Å². The normalized spacial score (nSPS) is 29.6. The van der Waals surface area contributed by atoms with Crippen LogP contribution in [-0.2, 0) is 9.47 Å². The number of nitrogens with one attached hydrogen (secondary N) is 1. The quantitative estimate of drug-likeness (QED) is 0.867. The molecule has 3 unspecified atom stereocenters. The van der Waals surface area contributed by atoms with Gasteiger partial charge in [0.2, 0.25) is 0 Å². The molecule has 0 radical (unpaired) electrons. The fraction of sp³-hybridized carbons (Fsp3) is 0.941. The van der Waals surface area contributed by atoms with Crippen LogP contribution < -0.4 is 5.32 Å². The van der Waals surface area contributed by atoms with Crippen LogP contribution in [0.25, 0.3) is 0 Å². The van der Waals surface area contributed by atoms with Gasteiger partial charge in [0, 0.05) is 26.2 Å². The third-order valence-corrected chi connectivity index (χ3v) is 4.59. The van der Waals surface area contributed by atoms with Gasteiger partial charge in [-0.25, -0.2) is 4.79 Å². The highest BCUT2D eigenvalue weighted by Gasteiger charge is 2.30. The smallest absolute Gasteiger partial charge is 0.410 e. The monoisotopic (exact) mass is 312 g/mol. The average Bonchev–Trinajstić information content (AvgIpc) is 2.92. The van der Waals surface area contributed by atoms with Gasteiger partial charge in [-0.2, -0.15) is 0 Å². The van der Waals surface area contributed by atoms with Crippen molar-refractivity contribution in [1.82, 2.24) is 10.2 Å². The van der Waals surface area contributed by atoms with Crippen molar-refractivity contribution in [3.63, 3.8) is 0 Å². The molecule has 0 aromatic rings. The number of carbonyl (C=O) groups excluding carboxylic acids is 1. The van der Waals surface area contributed by atoms with E-state index in [4.69, 9.17) is 9.47 Å². The summed E-state index contributed by atoms with van der Waals surface area (Å²) in [7, 11) is 1.81. The summed E-state index contributed by atoms with van der Waals surface area (Å²) >= 11 is 0. The Balaban J connectivity index is 1.69. The number of rotatable bonds is 4. The summed E-state index contributed by atoms with van der Waals surface area (Å²) in [4.78, 5) is 13.9. The highest BCUT2D eigenvalue weighted by molar-refractivity contribution is 5.68. The zero-order valence-electron chi connectivity index (χ0n) is 14.6. The number of nitrogens with zero attached hydrogens (tertiary/aromatic N) is 1. The Labute approximate surface area is 134 Å². The second-order valence-corrected chi connectivity index (χ2v) is 7.71. The minimum absolute atomic E-state index is 0.174. The van der Waals surface area contributed by atoms with E-state index in [0.29, 0.717) is 18.1 Å². The van der Waals surface area contributed by atoms with Gasteiger partial charge in [0.05, 0.1) is 6.10 Å². The van der Waals surface area contributed by atoms with Crippen molar-refractivity contribution in [2.24, 2.45) is 5.92 Å². The molecule has 5 heteroatoms. The lowest BCUT2D eigenvalue weighted by atomic mass is 9.92. The lowest BCUT2D eigenvalue weighted by molar-refractivity contribution is 0.0287. The maximum absolute atomic E-state index is 12.1. The van der Waals surface area contributed by atoms with E-state index in [-0.39, 0.29) is 6.09 Å². The van der Waals surface area contributed by atoms with E-state index >= 15 is 0 Å². The first-order valence-corrected chi connectivity index (χ1v) is 8.61. The second-order valence-electron chi connectivity index (χ2n) is 7.71. The molecule has 128 valence electrons. The molecule has 1 N–H and O–H groups in total. The molecule has 1 saturated heterocycles. The fourth-order valence-electron chi connectivity index (χ4n) is 3.37. The maximum Gasteiger partial charge on any atom is 0.410 e. The van der Waals surface area contributed by atoms with Crippen LogP contribution in [0.15, 0.2) is 0 Å². The van der Waals surface area contributed by atoms with Crippen molar-refractivity contribution in [3.8, 4) is 0 Å². The number of methoxy groups -OCH3 is 1. The van der Waals surface area contributed by atoms with Crippen molar-refractivity contribution >= 4 is 6.09 Å². The highest BCUT2D eigenvalue weighted by atomic mass is 16.6. The Hall–Kier alpha value is -0.810. The molecular weight excluding hydrogens is 280 g/mol. The van der Waals surface area contributed by atoms with Crippen molar-refractivity contribution < 1.29 is 14.3 Å². The lowest BCUT2D eigenvalue weighted by Gasteiger charge is -2.30. The average molecular weight is 312 g/mol. The van der Waals surface area contributed by atoms with Gasteiger partial charge in [-0.3, -0.25) is 0 Å². The molecule has 0 aromatic carbocycles. The van der Waals surface area contributed by atoms with E-state index in [0.717, 1.165) is 32.5 Å². The van der Waals surface area contributed by atoms with Crippen molar-refractivity contribution in [2.45, 2.75) is 70.6 Å². The van der Waals surface area contributed by atoms with Crippen LogP contribution in [-0.4, -0.2) is 55.5 Å². The third-order valence-electron chi connectivity index (χ3n) is 4.59. The molecule has 5 nitrogen and oxygen atoms in total. The minimum Gasteiger partial charge on any atom is -0.444 e.